The third-order valence-corrected chi connectivity index (χ3v) is 5.33. The Bertz CT molecular complexity index is 668. The van der Waals surface area contributed by atoms with Crippen molar-refractivity contribution < 1.29 is 9.90 Å². The summed E-state index contributed by atoms with van der Waals surface area (Å²) in [5.41, 5.74) is 1.46. The van der Waals surface area contributed by atoms with Gasteiger partial charge in [0.25, 0.3) is 0 Å². The van der Waals surface area contributed by atoms with Crippen LogP contribution in [0.1, 0.15) is 37.7 Å². The zero-order chi connectivity index (χ0) is 19.5. The topological polar surface area (TPSA) is 52.6 Å². The molecular weight excluding hydrogens is 383 g/mol. The van der Waals surface area contributed by atoms with Crippen molar-refractivity contribution in [3.63, 3.8) is 0 Å². The van der Waals surface area contributed by atoms with Crippen LogP contribution in [-0.2, 0) is 4.79 Å². The van der Waals surface area contributed by atoms with E-state index in [9.17, 15) is 9.90 Å². The number of aliphatic hydroxyl groups is 1. The summed E-state index contributed by atoms with van der Waals surface area (Å²) in [5, 5.41) is 13.2. The summed E-state index contributed by atoms with van der Waals surface area (Å²) in [7, 11) is 0. The highest BCUT2D eigenvalue weighted by Crippen LogP contribution is 2.23. The number of hydrogen-bond donors (Lipinski definition) is 2. The van der Waals surface area contributed by atoms with Gasteiger partial charge in [-0.3, -0.25) is 4.79 Å². The smallest absolute Gasteiger partial charge is 0.247 e. The largest absolute Gasteiger partial charge is 0.396 e. The van der Waals surface area contributed by atoms with Crippen LogP contribution < -0.4 is 5.32 Å². The van der Waals surface area contributed by atoms with Gasteiger partial charge in [0.1, 0.15) is 0 Å². The van der Waals surface area contributed by atoms with Crippen LogP contribution in [0.3, 0.4) is 0 Å². The van der Waals surface area contributed by atoms with Gasteiger partial charge in [0.2, 0.25) is 5.91 Å². The van der Waals surface area contributed by atoms with E-state index in [-0.39, 0.29) is 12.5 Å². The first-order valence-electron chi connectivity index (χ1n) is 9.54. The van der Waals surface area contributed by atoms with Crippen molar-refractivity contribution in [1.82, 2.24) is 10.2 Å². The summed E-state index contributed by atoms with van der Waals surface area (Å²) in [5.74, 6) is -0.124. The molecule has 148 valence electrons. The third kappa shape index (κ3) is 8.06. The molecule has 1 amide bonds. The van der Waals surface area contributed by atoms with Gasteiger partial charge in [-0.15, -0.1) is 0 Å². The highest BCUT2D eigenvalue weighted by Gasteiger charge is 2.10. The average Bonchev–Trinajstić information content (AvgIpc) is 2.68. The van der Waals surface area contributed by atoms with Crippen molar-refractivity contribution in [2.45, 2.75) is 32.1 Å². The standard InChI is InChI=1S/C21H28Cl2N2O2/c22-19-9-8-17(16-20(19)23)6-4-7-18(10-15-26)21(27)24-11-5-14-25-12-2-1-3-13-25/h4,6-9,16,26H,1-3,5,10-15H2,(H,24,27)/b6-4+,18-7+. The van der Waals surface area contributed by atoms with E-state index in [4.69, 9.17) is 23.2 Å². The minimum Gasteiger partial charge on any atom is -0.396 e. The van der Waals surface area contributed by atoms with Crippen LogP contribution in [-0.4, -0.2) is 48.7 Å². The predicted molar refractivity (Wildman–Crippen MR) is 113 cm³/mol. The zero-order valence-corrected chi connectivity index (χ0v) is 17.1. The number of piperidine rings is 1. The van der Waals surface area contributed by atoms with Gasteiger partial charge >= 0.3 is 0 Å². The molecule has 0 saturated carbocycles. The lowest BCUT2D eigenvalue weighted by atomic mass is 10.1. The summed E-state index contributed by atoms with van der Waals surface area (Å²) in [6.07, 6.45) is 10.5. The molecule has 4 nitrogen and oxygen atoms in total. The van der Waals surface area contributed by atoms with Crippen LogP contribution in [0.4, 0.5) is 0 Å². The fraction of sp³-hybridized carbons (Fsp3) is 0.476. The van der Waals surface area contributed by atoms with Gasteiger partial charge in [-0.1, -0.05) is 53.9 Å². The van der Waals surface area contributed by atoms with E-state index in [1.165, 1.54) is 32.4 Å². The maximum atomic E-state index is 12.3. The number of halogens is 2. The molecule has 1 fully saturated rings. The Hall–Kier alpha value is -1.33. The van der Waals surface area contributed by atoms with E-state index >= 15 is 0 Å². The summed E-state index contributed by atoms with van der Waals surface area (Å²) >= 11 is 11.9. The number of aliphatic hydroxyl groups excluding tert-OH is 1. The van der Waals surface area contributed by atoms with E-state index in [2.05, 4.69) is 10.2 Å². The van der Waals surface area contributed by atoms with E-state index in [1.807, 2.05) is 12.1 Å². The minimum atomic E-state index is -0.124. The lowest BCUT2D eigenvalue weighted by molar-refractivity contribution is -0.117. The molecule has 1 aliphatic rings. The lowest BCUT2D eigenvalue weighted by Gasteiger charge is -2.26. The number of likely N-dealkylation sites (tertiary alicyclic amines) is 1. The van der Waals surface area contributed by atoms with Gasteiger partial charge in [-0.05, 0) is 56.6 Å². The second-order valence-corrected chi connectivity index (χ2v) is 7.52. The predicted octanol–water partition coefficient (Wildman–Crippen LogP) is 4.31. The van der Waals surface area contributed by atoms with Gasteiger partial charge in [-0.25, -0.2) is 0 Å². The van der Waals surface area contributed by atoms with Crippen LogP contribution in [0.15, 0.2) is 35.9 Å². The van der Waals surface area contributed by atoms with Crippen molar-refractivity contribution in [1.29, 1.82) is 0 Å². The number of carbonyl (C=O) groups excluding carboxylic acids is 1. The number of rotatable bonds is 9. The highest BCUT2D eigenvalue weighted by molar-refractivity contribution is 6.42. The van der Waals surface area contributed by atoms with Crippen LogP contribution in [0, 0.1) is 0 Å². The minimum absolute atomic E-state index is 0.0619. The molecule has 0 radical (unpaired) electrons. The van der Waals surface area contributed by atoms with Gasteiger partial charge in [0.05, 0.1) is 10.0 Å². The molecule has 1 saturated heterocycles. The van der Waals surface area contributed by atoms with Crippen LogP contribution in [0.25, 0.3) is 6.08 Å². The molecule has 1 aliphatic heterocycles. The van der Waals surface area contributed by atoms with Crippen molar-refractivity contribution in [3.05, 3.63) is 51.5 Å². The monoisotopic (exact) mass is 410 g/mol. The Labute approximate surface area is 171 Å². The first-order chi connectivity index (χ1) is 13.1. The fourth-order valence-electron chi connectivity index (χ4n) is 3.09. The molecular formula is C21H28Cl2N2O2. The average molecular weight is 411 g/mol. The maximum absolute atomic E-state index is 12.3. The summed E-state index contributed by atoms with van der Waals surface area (Å²) in [4.78, 5) is 14.8. The van der Waals surface area contributed by atoms with Crippen LogP contribution in [0.2, 0.25) is 10.0 Å². The van der Waals surface area contributed by atoms with Crippen molar-refractivity contribution in [2.24, 2.45) is 0 Å². The summed E-state index contributed by atoms with van der Waals surface area (Å²) in [6, 6.07) is 5.35. The number of nitrogens with zero attached hydrogens (tertiary/aromatic N) is 1. The molecule has 1 heterocycles. The number of carbonyl (C=O) groups is 1. The molecule has 1 aromatic rings. The second-order valence-electron chi connectivity index (χ2n) is 6.71. The fourth-order valence-corrected chi connectivity index (χ4v) is 3.39. The molecule has 0 bridgehead atoms. The van der Waals surface area contributed by atoms with E-state index in [0.717, 1.165) is 18.5 Å². The quantitative estimate of drug-likeness (QED) is 0.362. The lowest BCUT2D eigenvalue weighted by Crippen LogP contribution is -2.33. The Morgan fingerprint density at radius 1 is 1.19 bits per heavy atom. The molecule has 0 aliphatic carbocycles. The number of benzene rings is 1. The Kier molecular flexibility index (Phi) is 9.92. The van der Waals surface area contributed by atoms with E-state index in [1.54, 1.807) is 24.3 Å². The molecule has 1 aromatic carbocycles. The summed E-state index contributed by atoms with van der Waals surface area (Å²) in [6.45, 7) is 3.95. The van der Waals surface area contributed by atoms with Crippen molar-refractivity contribution in [2.75, 3.05) is 32.8 Å². The molecule has 0 atom stereocenters. The Morgan fingerprint density at radius 2 is 1.96 bits per heavy atom. The number of hydrogen-bond acceptors (Lipinski definition) is 3. The van der Waals surface area contributed by atoms with Crippen molar-refractivity contribution in [3.8, 4) is 0 Å². The van der Waals surface area contributed by atoms with E-state index < -0.39 is 0 Å². The third-order valence-electron chi connectivity index (χ3n) is 4.59. The first kappa shape index (κ1) is 22.0. The molecule has 2 N–H and O–H groups in total. The van der Waals surface area contributed by atoms with Gasteiger partial charge < -0.3 is 15.3 Å². The van der Waals surface area contributed by atoms with Gasteiger partial charge in [-0.2, -0.15) is 0 Å². The highest BCUT2D eigenvalue weighted by atomic mass is 35.5. The first-order valence-corrected chi connectivity index (χ1v) is 10.3. The number of amides is 1. The zero-order valence-electron chi connectivity index (χ0n) is 15.6. The molecule has 0 aromatic heterocycles. The molecule has 6 heteroatoms. The van der Waals surface area contributed by atoms with Crippen molar-refractivity contribution >= 4 is 35.2 Å². The van der Waals surface area contributed by atoms with Gasteiger partial charge in [0.15, 0.2) is 0 Å². The number of allylic oxidation sites excluding steroid dienone is 2. The SMILES string of the molecule is O=C(NCCCN1CCCCC1)/C(=C/C=C/c1ccc(Cl)c(Cl)c1)CCO. The van der Waals surface area contributed by atoms with Crippen LogP contribution in [0.5, 0.6) is 0 Å². The van der Waals surface area contributed by atoms with E-state index in [0.29, 0.717) is 28.6 Å². The molecule has 27 heavy (non-hydrogen) atoms. The second kappa shape index (κ2) is 12.2. The van der Waals surface area contributed by atoms with Gasteiger partial charge in [0, 0.05) is 25.1 Å². The molecule has 2 rings (SSSR count). The summed E-state index contributed by atoms with van der Waals surface area (Å²) < 4.78 is 0. The Morgan fingerprint density at radius 3 is 2.67 bits per heavy atom. The Balaban J connectivity index is 1.82. The van der Waals surface area contributed by atoms with Crippen LogP contribution >= 0.6 is 23.2 Å². The normalized spacial score (nSPS) is 16.0. The molecule has 0 unspecified atom stereocenters. The number of nitrogens with one attached hydrogen (secondary N) is 1. The maximum Gasteiger partial charge on any atom is 0.247 e. The molecule has 0 spiro atoms.